The quantitative estimate of drug-likeness (QED) is 0.378. The maximum Gasteiger partial charge on any atom is 0.107 e. The molecule has 0 N–H and O–H groups in total. The van der Waals surface area contributed by atoms with Crippen molar-refractivity contribution in [2.75, 3.05) is 0 Å². The molecule has 0 spiro atoms. The Bertz CT molecular complexity index is 124. The second-order valence-corrected chi connectivity index (χ2v) is 1.58. The molecule has 1 aliphatic carbocycles. The molecule has 0 saturated heterocycles. The van der Waals surface area contributed by atoms with E-state index in [1.54, 1.807) is 0 Å². The largest absolute Gasteiger partial charge is 0.120 e. The summed E-state index contributed by atoms with van der Waals surface area (Å²) in [7, 11) is 10.8. The van der Waals surface area contributed by atoms with Crippen LogP contribution in [0.25, 0.3) is 0 Å². The topological polar surface area (TPSA) is 0 Å². The Balaban J connectivity index is 2.69. The van der Waals surface area contributed by atoms with E-state index in [-0.39, 0.29) is 5.82 Å². The molecule has 1 aliphatic rings. The Labute approximate surface area is 46.1 Å². The van der Waals surface area contributed by atoms with Gasteiger partial charge in [-0.3, -0.25) is 0 Å². The second kappa shape index (κ2) is 1.61. The molecule has 0 aromatic rings. The summed E-state index contributed by atoms with van der Waals surface area (Å²) in [6.07, 6.45) is 5.53. The van der Waals surface area contributed by atoms with E-state index in [1.165, 1.54) is 0 Å². The van der Waals surface area contributed by atoms with E-state index in [0.29, 0.717) is 0 Å². The molecule has 1 rings (SSSR count). The molecule has 0 aromatic carbocycles. The summed E-state index contributed by atoms with van der Waals surface area (Å²) in [6.45, 7) is 0. The van der Waals surface area contributed by atoms with Gasteiger partial charge in [-0.1, -0.05) is 18.2 Å². The van der Waals surface area contributed by atoms with Gasteiger partial charge < -0.3 is 0 Å². The Morgan fingerprint density at radius 2 is 2.29 bits per heavy atom. The van der Waals surface area contributed by atoms with Crippen LogP contribution < -0.4 is 0 Å². The van der Waals surface area contributed by atoms with Gasteiger partial charge in [-0.05, 0) is 5.82 Å². The first kappa shape index (κ1) is 4.76. The smallest absolute Gasteiger partial charge is 0.107 e. The lowest BCUT2D eigenvalue weighted by Crippen LogP contribution is -1.86. The molecule has 0 heterocycles. The summed E-state index contributed by atoms with van der Waals surface area (Å²) in [5.74, 6) is -0.0278. The van der Waals surface area contributed by atoms with Crippen molar-refractivity contribution in [2.24, 2.45) is 0 Å². The molecule has 0 amide bonds. The van der Waals surface area contributed by atoms with Gasteiger partial charge in [0.2, 0.25) is 0 Å². The summed E-state index contributed by atoms with van der Waals surface area (Å²) in [5, 5.41) is 0. The maximum atomic E-state index is 5.40. The van der Waals surface area contributed by atoms with Crippen molar-refractivity contribution in [1.82, 2.24) is 0 Å². The van der Waals surface area contributed by atoms with Crippen LogP contribution in [0.4, 0.5) is 0 Å². The summed E-state index contributed by atoms with van der Waals surface area (Å²) < 4.78 is 0. The van der Waals surface area contributed by atoms with Gasteiger partial charge in [0, 0.05) is 0 Å². The fraction of sp³-hybridized carbons (Fsp3) is 0.200. The van der Waals surface area contributed by atoms with Gasteiger partial charge in [0.25, 0.3) is 0 Å². The van der Waals surface area contributed by atoms with Crippen LogP contribution in [0.2, 0.25) is 5.82 Å². The normalized spacial score (nSPS) is 28.0. The van der Waals surface area contributed by atoms with Gasteiger partial charge in [0.15, 0.2) is 0 Å². The van der Waals surface area contributed by atoms with E-state index in [1.807, 2.05) is 18.2 Å². The van der Waals surface area contributed by atoms with Gasteiger partial charge in [-0.2, -0.15) is 0 Å². The average molecular weight is 85.7 g/mol. The molecule has 0 saturated carbocycles. The predicted octanol–water partition coefficient (Wildman–Crippen LogP) is 0.566. The van der Waals surface area contributed by atoms with E-state index in [4.69, 9.17) is 15.7 Å². The van der Waals surface area contributed by atoms with Crippen LogP contribution in [-0.2, 0) is 0 Å². The van der Waals surface area contributed by atoms with Crippen molar-refractivity contribution >= 4 is 15.7 Å². The Hall–Kier alpha value is -0.390. The van der Waals surface area contributed by atoms with Crippen LogP contribution in [-0.4, -0.2) is 15.7 Å². The van der Waals surface area contributed by atoms with Crippen LogP contribution in [0.15, 0.2) is 23.7 Å². The highest BCUT2D eigenvalue weighted by Gasteiger charge is 1.99. The fourth-order valence-electron chi connectivity index (χ4n) is 0.509. The van der Waals surface area contributed by atoms with Gasteiger partial charge in [0.05, 0.1) is 7.85 Å². The molecule has 30 valence electrons. The van der Waals surface area contributed by atoms with E-state index in [2.05, 4.69) is 0 Å². The molecule has 2 heteroatoms. The van der Waals surface area contributed by atoms with E-state index in [9.17, 15) is 0 Å². The molecular formula is C5H4B2. The molecule has 0 fully saturated rings. The third-order valence-corrected chi connectivity index (χ3v) is 0.992. The third kappa shape index (κ3) is 0.792. The van der Waals surface area contributed by atoms with Gasteiger partial charge in [-0.25, -0.2) is 0 Å². The molecule has 7 heavy (non-hydrogen) atoms. The minimum Gasteiger partial charge on any atom is -0.120 e. The Morgan fingerprint density at radius 1 is 1.57 bits per heavy atom. The summed E-state index contributed by atoms with van der Waals surface area (Å²) in [6, 6.07) is 0. The van der Waals surface area contributed by atoms with Gasteiger partial charge in [0.1, 0.15) is 7.85 Å². The average Bonchev–Trinajstić information content (AvgIpc) is 1.91. The monoisotopic (exact) mass is 86.0 g/mol. The van der Waals surface area contributed by atoms with E-state index in [0.717, 1.165) is 5.47 Å². The third-order valence-electron chi connectivity index (χ3n) is 0.992. The fourth-order valence-corrected chi connectivity index (χ4v) is 0.509. The van der Waals surface area contributed by atoms with E-state index < -0.39 is 0 Å². The summed E-state index contributed by atoms with van der Waals surface area (Å²) in [4.78, 5) is 0. The predicted molar refractivity (Wildman–Crippen MR) is 32.5 cm³/mol. The highest BCUT2D eigenvalue weighted by Crippen LogP contribution is 2.16. The molecule has 0 aromatic heterocycles. The zero-order chi connectivity index (χ0) is 5.28. The van der Waals surface area contributed by atoms with E-state index >= 15 is 0 Å². The highest BCUT2D eigenvalue weighted by molar-refractivity contribution is 6.30. The number of allylic oxidation sites excluding steroid dienone is 4. The van der Waals surface area contributed by atoms with Crippen molar-refractivity contribution in [3.05, 3.63) is 23.7 Å². The van der Waals surface area contributed by atoms with Crippen molar-refractivity contribution in [3.63, 3.8) is 0 Å². The first-order valence-electron chi connectivity index (χ1n) is 2.20. The number of rotatable bonds is 0. The van der Waals surface area contributed by atoms with Crippen LogP contribution in [0, 0.1) is 0 Å². The minimum atomic E-state index is -0.0278. The highest BCUT2D eigenvalue weighted by atomic mass is 14.0. The van der Waals surface area contributed by atoms with Crippen LogP contribution in [0.5, 0.6) is 0 Å². The first-order valence-corrected chi connectivity index (χ1v) is 2.20. The van der Waals surface area contributed by atoms with Crippen LogP contribution in [0.1, 0.15) is 0 Å². The second-order valence-electron chi connectivity index (χ2n) is 1.58. The number of hydrogen-bond donors (Lipinski definition) is 0. The SMILES string of the molecule is [B]C1=CC=CC1[B]. The summed E-state index contributed by atoms with van der Waals surface area (Å²) >= 11 is 0. The van der Waals surface area contributed by atoms with Gasteiger partial charge >= 0.3 is 0 Å². The Morgan fingerprint density at radius 3 is 2.43 bits per heavy atom. The van der Waals surface area contributed by atoms with Crippen molar-refractivity contribution in [3.8, 4) is 0 Å². The molecule has 1 atom stereocenters. The first-order chi connectivity index (χ1) is 3.30. The maximum absolute atomic E-state index is 5.40. The Kier molecular flexibility index (Phi) is 1.09. The van der Waals surface area contributed by atoms with Crippen LogP contribution >= 0.6 is 0 Å². The molecule has 0 nitrogen and oxygen atoms in total. The zero-order valence-electron chi connectivity index (χ0n) is 3.96. The lowest BCUT2D eigenvalue weighted by Gasteiger charge is -1.97. The van der Waals surface area contributed by atoms with Gasteiger partial charge in [-0.15, -0.1) is 5.47 Å². The molecule has 1 unspecified atom stereocenters. The molecule has 4 radical (unpaired) electrons. The number of hydrogen-bond acceptors (Lipinski definition) is 0. The lowest BCUT2D eigenvalue weighted by molar-refractivity contribution is 1.38. The molecule has 0 bridgehead atoms. The van der Waals surface area contributed by atoms with Crippen molar-refractivity contribution < 1.29 is 0 Å². The summed E-state index contributed by atoms with van der Waals surface area (Å²) in [5.41, 5.74) is 0.750. The van der Waals surface area contributed by atoms with Crippen molar-refractivity contribution in [1.29, 1.82) is 0 Å². The zero-order valence-corrected chi connectivity index (χ0v) is 3.96. The van der Waals surface area contributed by atoms with Crippen LogP contribution in [0.3, 0.4) is 0 Å². The lowest BCUT2D eigenvalue weighted by atomic mass is 9.74. The van der Waals surface area contributed by atoms with Crippen molar-refractivity contribution in [2.45, 2.75) is 5.82 Å². The standard InChI is InChI=1S/C5H4B2/c6-4-2-1-3-5(4)7/h1-4H. The minimum absolute atomic E-state index is 0.0278. The molecular weight excluding hydrogens is 81.7 g/mol. The molecule has 0 aliphatic heterocycles.